The number of benzene rings is 3. The van der Waals surface area contributed by atoms with E-state index in [1.165, 1.54) is 0 Å². The Labute approximate surface area is 211 Å². The molecule has 36 heavy (non-hydrogen) atoms. The van der Waals surface area contributed by atoms with Gasteiger partial charge in [-0.05, 0) is 79.2 Å². The van der Waals surface area contributed by atoms with Gasteiger partial charge in [-0.3, -0.25) is 0 Å². The number of ether oxygens (including phenoxy) is 1. The zero-order valence-corrected chi connectivity index (χ0v) is 21.1. The molecule has 192 valence electrons. The van der Waals surface area contributed by atoms with E-state index in [4.69, 9.17) is 4.74 Å². The first-order valence-electron chi connectivity index (χ1n) is 13.1. The van der Waals surface area contributed by atoms with E-state index < -0.39 is 23.3 Å². The van der Waals surface area contributed by atoms with Crippen molar-refractivity contribution in [3.8, 4) is 16.9 Å². The molecule has 0 saturated heterocycles. The van der Waals surface area contributed by atoms with Crippen LogP contribution in [0.1, 0.15) is 81.4 Å². The van der Waals surface area contributed by atoms with E-state index in [9.17, 15) is 17.6 Å². The second kappa shape index (κ2) is 11.9. The number of rotatable bonds is 9. The molecule has 0 atom stereocenters. The highest BCUT2D eigenvalue weighted by Crippen LogP contribution is 2.38. The molecule has 5 heteroatoms. The minimum atomic E-state index is -0.863. The Bertz CT molecular complexity index is 1160. The molecule has 1 saturated carbocycles. The first-order chi connectivity index (χ1) is 17.4. The summed E-state index contributed by atoms with van der Waals surface area (Å²) in [6.45, 7) is 4.06. The van der Waals surface area contributed by atoms with E-state index in [-0.39, 0.29) is 23.7 Å². The number of unbranched alkanes of at least 4 members (excludes halogenated alkanes) is 1. The molecular formula is C31H34F4O. The summed E-state index contributed by atoms with van der Waals surface area (Å²) < 4.78 is 64.4. The molecule has 0 heterocycles. The Morgan fingerprint density at radius 1 is 0.722 bits per heavy atom. The highest BCUT2D eigenvalue weighted by molar-refractivity contribution is 5.65. The van der Waals surface area contributed by atoms with Crippen LogP contribution in [0.15, 0.2) is 48.5 Å². The predicted octanol–water partition coefficient (Wildman–Crippen LogP) is 9.52. The molecule has 0 bridgehead atoms. The van der Waals surface area contributed by atoms with Gasteiger partial charge in [0.1, 0.15) is 12.4 Å². The van der Waals surface area contributed by atoms with Gasteiger partial charge in [0.25, 0.3) is 0 Å². The summed E-state index contributed by atoms with van der Waals surface area (Å²) in [4.78, 5) is 0. The molecule has 1 aliphatic carbocycles. The van der Waals surface area contributed by atoms with Gasteiger partial charge in [0.05, 0.1) is 0 Å². The van der Waals surface area contributed by atoms with Crippen LogP contribution < -0.4 is 4.74 Å². The first kappa shape index (κ1) is 26.2. The predicted molar refractivity (Wildman–Crippen MR) is 136 cm³/mol. The summed E-state index contributed by atoms with van der Waals surface area (Å²) in [5.74, 6) is -2.11. The van der Waals surface area contributed by atoms with Gasteiger partial charge in [0, 0.05) is 11.1 Å². The van der Waals surface area contributed by atoms with E-state index in [1.54, 1.807) is 48.5 Å². The number of hydrogen-bond donors (Lipinski definition) is 0. The molecule has 1 nitrogen and oxygen atoms in total. The van der Waals surface area contributed by atoms with Crippen molar-refractivity contribution in [3.05, 3.63) is 88.5 Å². The lowest BCUT2D eigenvalue weighted by Crippen LogP contribution is -2.15. The van der Waals surface area contributed by atoms with Crippen LogP contribution in [0.5, 0.6) is 5.75 Å². The van der Waals surface area contributed by atoms with Crippen molar-refractivity contribution >= 4 is 0 Å². The van der Waals surface area contributed by atoms with Gasteiger partial charge >= 0.3 is 0 Å². The van der Waals surface area contributed by atoms with Gasteiger partial charge in [-0.15, -0.1) is 0 Å². The third-order valence-corrected chi connectivity index (χ3v) is 7.58. The van der Waals surface area contributed by atoms with E-state index in [1.807, 2.05) is 6.92 Å². The molecule has 0 unspecified atom stereocenters. The second-order valence-corrected chi connectivity index (χ2v) is 9.88. The summed E-state index contributed by atoms with van der Waals surface area (Å²) in [5, 5.41) is 0. The Kier molecular flexibility index (Phi) is 8.71. The highest BCUT2D eigenvalue weighted by Gasteiger charge is 2.25. The number of halogens is 4. The fourth-order valence-corrected chi connectivity index (χ4v) is 5.18. The summed E-state index contributed by atoms with van der Waals surface area (Å²) in [5.41, 5.74) is 1.69. The maximum atomic E-state index is 14.9. The van der Waals surface area contributed by atoms with Crippen LogP contribution in [0, 0.1) is 29.2 Å². The van der Waals surface area contributed by atoms with Gasteiger partial charge in [-0.25, -0.2) is 17.6 Å². The molecular weight excluding hydrogens is 464 g/mol. The van der Waals surface area contributed by atoms with Crippen LogP contribution in [0.25, 0.3) is 11.1 Å². The zero-order valence-electron chi connectivity index (χ0n) is 21.1. The molecule has 1 fully saturated rings. The third-order valence-electron chi connectivity index (χ3n) is 7.58. The topological polar surface area (TPSA) is 9.23 Å². The van der Waals surface area contributed by atoms with Gasteiger partial charge in [-0.1, -0.05) is 63.1 Å². The standard InChI is InChI=1S/C31H34F4O/c1-3-5-6-23-13-17-26(30(34)28(23)32)22-11-15-25(16-12-22)36-19-24-14-18-27(31(35)29(24)33)21-9-7-20(4-2)8-10-21/h11-18,20-21H,3-10,19H2,1-2H3. The van der Waals surface area contributed by atoms with Crippen LogP contribution in [-0.4, -0.2) is 0 Å². The largest absolute Gasteiger partial charge is 0.489 e. The molecule has 0 amide bonds. The van der Waals surface area contributed by atoms with Crippen molar-refractivity contribution in [1.29, 1.82) is 0 Å². The average Bonchev–Trinajstić information content (AvgIpc) is 2.91. The molecule has 3 aromatic carbocycles. The number of hydrogen-bond acceptors (Lipinski definition) is 1. The Balaban J connectivity index is 1.41. The van der Waals surface area contributed by atoms with Crippen LogP contribution in [-0.2, 0) is 13.0 Å². The summed E-state index contributed by atoms with van der Waals surface area (Å²) >= 11 is 0. The SMILES string of the molecule is CCCCc1ccc(-c2ccc(OCc3ccc(C4CCC(CC)CC4)c(F)c3F)cc2)c(F)c1F. The monoisotopic (exact) mass is 498 g/mol. The van der Waals surface area contributed by atoms with Crippen LogP contribution in [0.3, 0.4) is 0 Å². The Morgan fingerprint density at radius 3 is 2.06 bits per heavy atom. The van der Waals surface area contributed by atoms with Crippen LogP contribution in [0.4, 0.5) is 17.6 Å². The van der Waals surface area contributed by atoms with Crippen LogP contribution in [0.2, 0.25) is 0 Å². The summed E-state index contributed by atoms with van der Waals surface area (Å²) in [6, 6.07) is 13.0. The van der Waals surface area contributed by atoms with Crippen LogP contribution >= 0.6 is 0 Å². The van der Waals surface area contributed by atoms with E-state index in [0.29, 0.717) is 34.8 Å². The van der Waals surface area contributed by atoms with Crippen molar-refractivity contribution in [1.82, 2.24) is 0 Å². The fourth-order valence-electron chi connectivity index (χ4n) is 5.18. The maximum absolute atomic E-state index is 14.9. The molecule has 0 N–H and O–H groups in total. The van der Waals surface area contributed by atoms with Gasteiger partial charge in [-0.2, -0.15) is 0 Å². The van der Waals surface area contributed by atoms with Crippen molar-refractivity contribution in [2.75, 3.05) is 0 Å². The third kappa shape index (κ3) is 5.77. The lowest BCUT2D eigenvalue weighted by atomic mass is 9.77. The molecule has 0 spiro atoms. The van der Waals surface area contributed by atoms with E-state index in [2.05, 4.69) is 6.92 Å². The quantitative estimate of drug-likeness (QED) is 0.267. The lowest BCUT2D eigenvalue weighted by molar-refractivity contribution is 0.294. The fraction of sp³-hybridized carbons (Fsp3) is 0.419. The Morgan fingerprint density at radius 2 is 1.39 bits per heavy atom. The van der Waals surface area contributed by atoms with Crippen molar-refractivity contribution in [3.63, 3.8) is 0 Å². The van der Waals surface area contributed by atoms with E-state index >= 15 is 0 Å². The minimum absolute atomic E-state index is 0.0655. The average molecular weight is 499 g/mol. The molecule has 0 aliphatic heterocycles. The van der Waals surface area contributed by atoms with Crippen molar-refractivity contribution in [2.24, 2.45) is 5.92 Å². The molecule has 3 aromatic rings. The lowest BCUT2D eigenvalue weighted by Gasteiger charge is -2.28. The van der Waals surface area contributed by atoms with Crippen molar-refractivity contribution < 1.29 is 22.3 Å². The highest BCUT2D eigenvalue weighted by atomic mass is 19.2. The van der Waals surface area contributed by atoms with Gasteiger partial charge < -0.3 is 4.74 Å². The van der Waals surface area contributed by atoms with Gasteiger partial charge in [0.2, 0.25) is 0 Å². The van der Waals surface area contributed by atoms with Gasteiger partial charge in [0.15, 0.2) is 23.3 Å². The smallest absolute Gasteiger partial charge is 0.166 e. The molecule has 1 aliphatic rings. The Hall–Kier alpha value is -2.82. The molecule has 0 radical (unpaired) electrons. The minimum Gasteiger partial charge on any atom is -0.489 e. The molecule has 0 aromatic heterocycles. The normalized spacial score (nSPS) is 17.8. The second-order valence-electron chi connectivity index (χ2n) is 9.88. The summed E-state index contributed by atoms with van der Waals surface area (Å²) in [6.07, 6.45) is 7.25. The molecule has 4 rings (SSSR count). The van der Waals surface area contributed by atoms with E-state index in [0.717, 1.165) is 44.9 Å². The summed E-state index contributed by atoms with van der Waals surface area (Å²) in [7, 11) is 0. The first-order valence-corrected chi connectivity index (χ1v) is 13.1. The number of aryl methyl sites for hydroxylation is 1. The zero-order chi connectivity index (χ0) is 25.7. The maximum Gasteiger partial charge on any atom is 0.166 e. The van der Waals surface area contributed by atoms with Crippen molar-refractivity contribution in [2.45, 2.75) is 77.7 Å².